The van der Waals surface area contributed by atoms with Crippen molar-refractivity contribution in [3.05, 3.63) is 29.7 Å². The number of nitroso groups, excluding NO2 is 1. The van der Waals surface area contributed by atoms with Crippen LogP contribution in [0.25, 0.3) is 0 Å². The summed E-state index contributed by atoms with van der Waals surface area (Å²) in [6.45, 7) is 8.74. The fraction of sp³-hybridized carbons (Fsp3) is 0.500. The van der Waals surface area contributed by atoms with E-state index in [0.29, 0.717) is 6.61 Å². The molecule has 5 nitrogen and oxygen atoms in total. The molecule has 1 atom stereocenters. The van der Waals surface area contributed by atoms with Crippen LogP contribution < -0.4 is 0 Å². The molecule has 0 aromatic heterocycles. The van der Waals surface area contributed by atoms with Crippen LogP contribution in [0.1, 0.15) is 6.92 Å². The normalized spacial score (nSPS) is 11.5. The van der Waals surface area contributed by atoms with Crippen molar-refractivity contribution in [2.45, 2.75) is 13.0 Å². The average Bonchev–Trinajstić information content (AvgIpc) is 2.22. The molecule has 1 unspecified atom stereocenters. The number of rotatable bonds is 8. The zero-order valence-corrected chi connectivity index (χ0v) is 8.77. The van der Waals surface area contributed by atoms with E-state index in [2.05, 4.69) is 18.3 Å². The third-order valence-electron chi connectivity index (χ3n) is 1.45. The van der Waals surface area contributed by atoms with Crippen molar-refractivity contribution < 1.29 is 14.3 Å². The molecule has 15 heavy (non-hydrogen) atoms. The van der Waals surface area contributed by atoms with E-state index in [1.807, 2.05) is 0 Å². The van der Waals surface area contributed by atoms with E-state index in [-0.39, 0.29) is 18.8 Å². The van der Waals surface area contributed by atoms with Gasteiger partial charge in [-0.15, -0.1) is 6.58 Å². The first-order valence-electron chi connectivity index (χ1n) is 4.45. The van der Waals surface area contributed by atoms with Gasteiger partial charge >= 0.3 is 5.97 Å². The van der Waals surface area contributed by atoms with E-state index in [9.17, 15) is 9.70 Å². The van der Waals surface area contributed by atoms with E-state index in [0.717, 1.165) is 0 Å². The van der Waals surface area contributed by atoms with Gasteiger partial charge in [-0.1, -0.05) is 17.8 Å². The summed E-state index contributed by atoms with van der Waals surface area (Å²) in [5.74, 6) is -0.535. The van der Waals surface area contributed by atoms with E-state index < -0.39 is 12.0 Å². The van der Waals surface area contributed by atoms with E-state index in [1.54, 1.807) is 6.08 Å². The Bertz CT molecular complexity index is 250. The summed E-state index contributed by atoms with van der Waals surface area (Å²) in [5.41, 5.74) is 0.284. The molecule has 0 aliphatic heterocycles. The average molecular weight is 213 g/mol. The first kappa shape index (κ1) is 13.5. The number of nitrogens with zero attached hydrogens (tertiary/aromatic N) is 1. The number of hydrogen-bond donors (Lipinski definition) is 0. The maximum Gasteiger partial charge on any atom is 0.333 e. The van der Waals surface area contributed by atoms with Gasteiger partial charge in [-0.25, -0.2) is 4.79 Å². The van der Waals surface area contributed by atoms with Crippen LogP contribution in [-0.4, -0.2) is 31.8 Å². The first-order valence-corrected chi connectivity index (χ1v) is 4.45. The molecule has 0 aromatic rings. The van der Waals surface area contributed by atoms with Crippen LogP contribution in [0.15, 0.2) is 30.0 Å². The number of carbonyl (C=O) groups excluding carboxylic acids is 1. The molecule has 0 rings (SSSR count). The minimum absolute atomic E-state index is 0.0909. The van der Waals surface area contributed by atoms with E-state index in [1.165, 1.54) is 6.92 Å². The zero-order valence-electron chi connectivity index (χ0n) is 8.77. The predicted octanol–water partition coefficient (Wildman–Crippen LogP) is 1.44. The number of carbonyl (C=O) groups is 1. The monoisotopic (exact) mass is 213 g/mol. The molecular formula is C10H15NO4. The molecule has 0 saturated carbocycles. The Morgan fingerprint density at radius 3 is 2.67 bits per heavy atom. The van der Waals surface area contributed by atoms with Gasteiger partial charge in [0.05, 0.1) is 13.2 Å². The minimum Gasteiger partial charge on any atom is -0.460 e. The van der Waals surface area contributed by atoms with Gasteiger partial charge in [-0.05, 0) is 6.92 Å². The van der Waals surface area contributed by atoms with Crippen LogP contribution in [-0.2, 0) is 14.3 Å². The number of esters is 1. The summed E-state index contributed by atoms with van der Waals surface area (Å²) in [5, 5.41) is 2.77. The Labute approximate surface area is 88.7 Å². The molecule has 0 saturated heterocycles. The summed E-state index contributed by atoms with van der Waals surface area (Å²) in [6.07, 6.45) is 1.56. The SMILES string of the molecule is C=CCOCC(COC(=O)C(=C)C)N=O. The van der Waals surface area contributed by atoms with Crippen LogP contribution in [0.5, 0.6) is 0 Å². The predicted molar refractivity (Wildman–Crippen MR) is 56.4 cm³/mol. The van der Waals surface area contributed by atoms with Crippen molar-refractivity contribution in [1.29, 1.82) is 0 Å². The lowest BCUT2D eigenvalue weighted by Gasteiger charge is -2.09. The highest BCUT2D eigenvalue weighted by Crippen LogP contribution is 1.98. The summed E-state index contributed by atoms with van der Waals surface area (Å²) in [6, 6.07) is -0.687. The molecule has 0 aliphatic rings. The van der Waals surface area contributed by atoms with Crippen LogP contribution >= 0.6 is 0 Å². The van der Waals surface area contributed by atoms with Crippen molar-refractivity contribution in [2.75, 3.05) is 19.8 Å². The van der Waals surface area contributed by atoms with Crippen LogP contribution in [0.4, 0.5) is 0 Å². The smallest absolute Gasteiger partial charge is 0.333 e. The third kappa shape index (κ3) is 6.56. The second-order valence-corrected chi connectivity index (χ2v) is 2.96. The fourth-order valence-corrected chi connectivity index (χ4v) is 0.691. The largest absolute Gasteiger partial charge is 0.460 e. The number of ether oxygens (including phenoxy) is 2. The standard InChI is InChI=1S/C10H15NO4/c1-4-5-14-6-9(11-13)7-15-10(12)8(2)3/h4,9H,1-2,5-7H2,3H3. The summed E-state index contributed by atoms with van der Waals surface area (Å²) < 4.78 is 9.75. The maximum absolute atomic E-state index is 11.0. The van der Waals surface area contributed by atoms with Crippen LogP contribution in [0.3, 0.4) is 0 Å². The molecule has 0 bridgehead atoms. The van der Waals surface area contributed by atoms with E-state index >= 15 is 0 Å². The van der Waals surface area contributed by atoms with Gasteiger partial charge in [0, 0.05) is 5.57 Å². The summed E-state index contributed by atoms with van der Waals surface area (Å²) in [7, 11) is 0. The van der Waals surface area contributed by atoms with Gasteiger partial charge in [0.2, 0.25) is 0 Å². The quantitative estimate of drug-likeness (QED) is 0.201. The highest BCUT2D eigenvalue weighted by molar-refractivity contribution is 5.86. The molecule has 0 radical (unpaired) electrons. The van der Waals surface area contributed by atoms with Gasteiger partial charge in [0.25, 0.3) is 0 Å². The second-order valence-electron chi connectivity index (χ2n) is 2.96. The minimum atomic E-state index is -0.687. The Morgan fingerprint density at radius 2 is 2.20 bits per heavy atom. The molecule has 0 fully saturated rings. The molecule has 0 amide bonds. The lowest BCUT2D eigenvalue weighted by Crippen LogP contribution is -2.22. The van der Waals surface area contributed by atoms with Gasteiger partial charge < -0.3 is 9.47 Å². The molecule has 0 spiro atoms. The highest BCUT2D eigenvalue weighted by atomic mass is 16.5. The Kier molecular flexibility index (Phi) is 7.09. The molecule has 0 aromatic carbocycles. The van der Waals surface area contributed by atoms with Crippen molar-refractivity contribution in [1.82, 2.24) is 0 Å². The highest BCUT2D eigenvalue weighted by Gasteiger charge is 2.12. The lowest BCUT2D eigenvalue weighted by molar-refractivity contribution is -0.139. The Hall–Kier alpha value is -1.49. The molecule has 0 heterocycles. The van der Waals surface area contributed by atoms with Crippen molar-refractivity contribution in [2.24, 2.45) is 5.18 Å². The topological polar surface area (TPSA) is 65.0 Å². The fourth-order valence-electron chi connectivity index (χ4n) is 0.691. The summed E-state index contributed by atoms with van der Waals surface area (Å²) >= 11 is 0. The van der Waals surface area contributed by atoms with Gasteiger partial charge in [0.15, 0.2) is 0 Å². The first-order chi connectivity index (χ1) is 7.11. The zero-order chi connectivity index (χ0) is 11.7. The van der Waals surface area contributed by atoms with Gasteiger partial charge in [-0.3, -0.25) is 0 Å². The van der Waals surface area contributed by atoms with Crippen molar-refractivity contribution >= 4 is 5.97 Å². The maximum atomic E-state index is 11.0. The molecule has 0 N–H and O–H groups in total. The van der Waals surface area contributed by atoms with Gasteiger partial charge in [-0.2, -0.15) is 4.91 Å². The molecular weight excluding hydrogens is 198 g/mol. The third-order valence-corrected chi connectivity index (χ3v) is 1.45. The Balaban J connectivity index is 3.79. The molecule has 5 heteroatoms. The van der Waals surface area contributed by atoms with Gasteiger partial charge in [0.1, 0.15) is 12.6 Å². The van der Waals surface area contributed by atoms with Crippen molar-refractivity contribution in [3.8, 4) is 0 Å². The Morgan fingerprint density at radius 1 is 1.53 bits per heavy atom. The lowest BCUT2D eigenvalue weighted by atomic mass is 10.3. The van der Waals surface area contributed by atoms with Crippen molar-refractivity contribution in [3.63, 3.8) is 0 Å². The second kappa shape index (κ2) is 7.87. The molecule has 0 aliphatic carbocycles. The number of hydrogen-bond acceptors (Lipinski definition) is 5. The van der Waals surface area contributed by atoms with Crippen LogP contribution in [0, 0.1) is 4.91 Å². The summed E-state index contributed by atoms with van der Waals surface area (Å²) in [4.78, 5) is 21.3. The van der Waals surface area contributed by atoms with E-state index in [4.69, 9.17) is 9.47 Å². The van der Waals surface area contributed by atoms with Crippen LogP contribution in [0.2, 0.25) is 0 Å². The molecule has 84 valence electrons.